The van der Waals surface area contributed by atoms with Crippen molar-refractivity contribution in [3.8, 4) is 17.2 Å². The van der Waals surface area contributed by atoms with Crippen LogP contribution in [0.25, 0.3) is 11.5 Å². The van der Waals surface area contributed by atoms with E-state index in [0.717, 1.165) is 44.1 Å². The van der Waals surface area contributed by atoms with Gasteiger partial charge in [-0.25, -0.2) is 9.78 Å². The van der Waals surface area contributed by atoms with Crippen LogP contribution in [-0.4, -0.2) is 32.2 Å². The molecule has 218 valence electrons. The molecule has 9 heteroatoms. The molecule has 2 aromatic carbocycles. The first-order valence-corrected chi connectivity index (χ1v) is 14.4. The lowest BCUT2D eigenvalue weighted by molar-refractivity contribution is -0.170. The standard InChI is InChI=1S/C32H38BrN3O5/c1-20-27(21(2)41-35-20)18-36(19-28-22(3)38-29(34-28)24-10-9-11-25(33)16-24)17-23-12-14-26(15-13-23)39-32(7,8)30(37)40-31(4,5)6/h9-16H,17-19H2,1-8H3. The molecule has 0 amide bonds. The smallest absolute Gasteiger partial charge is 0.350 e. The lowest BCUT2D eigenvalue weighted by atomic mass is 10.1. The summed E-state index contributed by atoms with van der Waals surface area (Å²) < 4.78 is 24.0. The molecule has 41 heavy (non-hydrogen) atoms. The van der Waals surface area contributed by atoms with Crippen LogP contribution < -0.4 is 4.74 Å². The lowest BCUT2D eigenvalue weighted by Gasteiger charge is -2.29. The number of hydrogen-bond acceptors (Lipinski definition) is 8. The molecule has 0 saturated heterocycles. The van der Waals surface area contributed by atoms with Crippen molar-refractivity contribution in [1.29, 1.82) is 0 Å². The quantitative estimate of drug-likeness (QED) is 0.166. The Morgan fingerprint density at radius 2 is 1.66 bits per heavy atom. The predicted octanol–water partition coefficient (Wildman–Crippen LogP) is 7.72. The third-order valence-electron chi connectivity index (χ3n) is 6.49. The maximum atomic E-state index is 12.6. The third kappa shape index (κ3) is 8.07. The minimum absolute atomic E-state index is 0.412. The number of hydrogen-bond donors (Lipinski definition) is 0. The van der Waals surface area contributed by atoms with E-state index in [0.29, 0.717) is 31.3 Å². The summed E-state index contributed by atoms with van der Waals surface area (Å²) in [5, 5.41) is 4.14. The molecule has 0 aliphatic rings. The fraction of sp³-hybridized carbons (Fsp3) is 0.406. The highest BCUT2D eigenvalue weighted by Crippen LogP contribution is 2.27. The van der Waals surface area contributed by atoms with Crippen molar-refractivity contribution in [1.82, 2.24) is 15.0 Å². The first kappa shape index (κ1) is 30.5. The number of rotatable bonds is 10. The summed E-state index contributed by atoms with van der Waals surface area (Å²) in [6.45, 7) is 16.6. The molecule has 0 N–H and O–H groups in total. The number of carbonyl (C=O) groups is 1. The summed E-state index contributed by atoms with van der Waals surface area (Å²) >= 11 is 3.52. The van der Waals surface area contributed by atoms with Crippen LogP contribution >= 0.6 is 15.9 Å². The van der Waals surface area contributed by atoms with Gasteiger partial charge in [-0.2, -0.15) is 0 Å². The number of esters is 1. The molecule has 0 unspecified atom stereocenters. The van der Waals surface area contributed by atoms with Crippen LogP contribution in [0.3, 0.4) is 0 Å². The maximum Gasteiger partial charge on any atom is 0.350 e. The van der Waals surface area contributed by atoms with Gasteiger partial charge in [0, 0.05) is 35.2 Å². The number of nitrogens with zero attached hydrogens (tertiary/aromatic N) is 3. The summed E-state index contributed by atoms with van der Waals surface area (Å²) in [6.07, 6.45) is 0. The maximum absolute atomic E-state index is 12.6. The van der Waals surface area contributed by atoms with E-state index in [1.807, 2.05) is 90.1 Å². The monoisotopic (exact) mass is 623 g/mol. The summed E-state index contributed by atoms with van der Waals surface area (Å²) in [7, 11) is 0. The Morgan fingerprint density at radius 3 is 2.27 bits per heavy atom. The van der Waals surface area contributed by atoms with Crippen molar-refractivity contribution in [2.24, 2.45) is 0 Å². The number of aromatic nitrogens is 2. The molecule has 4 aromatic rings. The molecule has 2 heterocycles. The molecule has 0 atom stereocenters. The second-order valence-corrected chi connectivity index (χ2v) is 12.7. The molecule has 0 aliphatic carbocycles. The topological polar surface area (TPSA) is 90.8 Å². The summed E-state index contributed by atoms with van der Waals surface area (Å²) in [5.41, 5.74) is 3.06. The molecule has 2 aromatic heterocycles. The van der Waals surface area contributed by atoms with Crippen LogP contribution in [0.2, 0.25) is 0 Å². The van der Waals surface area contributed by atoms with Gasteiger partial charge in [0.25, 0.3) is 0 Å². The fourth-order valence-corrected chi connectivity index (χ4v) is 4.71. The average molecular weight is 625 g/mol. The van der Waals surface area contributed by atoms with Crippen molar-refractivity contribution in [3.63, 3.8) is 0 Å². The van der Waals surface area contributed by atoms with Crippen molar-refractivity contribution in [2.45, 2.75) is 86.2 Å². The Bertz CT molecular complexity index is 1480. The molecule has 0 saturated carbocycles. The molecule has 4 rings (SSSR count). The van der Waals surface area contributed by atoms with E-state index >= 15 is 0 Å². The van der Waals surface area contributed by atoms with Crippen LogP contribution in [0, 0.1) is 20.8 Å². The lowest BCUT2D eigenvalue weighted by Crippen LogP contribution is -2.43. The van der Waals surface area contributed by atoms with Crippen molar-refractivity contribution in [2.75, 3.05) is 0 Å². The summed E-state index contributed by atoms with van der Waals surface area (Å²) in [5.74, 6) is 2.34. The van der Waals surface area contributed by atoms with Gasteiger partial charge in [-0.3, -0.25) is 4.90 Å². The zero-order chi connectivity index (χ0) is 29.9. The van der Waals surface area contributed by atoms with Crippen molar-refractivity contribution in [3.05, 3.63) is 87.0 Å². The van der Waals surface area contributed by atoms with Crippen molar-refractivity contribution >= 4 is 21.9 Å². The Hall–Kier alpha value is -3.43. The van der Waals surface area contributed by atoms with Gasteiger partial charge in [-0.15, -0.1) is 0 Å². The Kier molecular flexibility index (Phi) is 9.09. The van der Waals surface area contributed by atoms with Crippen LogP contribution in [0.5, 0.6) is 5.75 Å². The molecule has 0 fully saturated rings. The van der Waals surface area contributed by atoms with Gasteiger partial charge in [-0.1, -0.05) is 39.3 Å². The highest BCUT2D eigenvalue weighted by Gasteiger charge is 2.34. The molecule has 0 radical (unpaired) electrons. The predicted molar refractivity (Wildman–Crippen MR) is 160 cm³/mol. The zero-order valence-corrected chi connectivity index (χ0v) is 26.6. The minimum atomic E-state index is -1.12. The van der Waals surface area contributed by atoms with Crippen LogP contribution in [0.4, 0.5) is 0 Å². The van der Waals surface area contributed by atoms with Gasteiger partial charge in [0.2, 0.25) is 5.89 Å². The van der Waals surface area contributed by atoms with E-state index in [1.165, 1.54) is 0 Å². The number of oxazole rings is 1. The first-order chi connectivity index (χ1) is 19.2. The van der Waals surface area contributed by atoms with E-state index in [9.17, 15) is 4.79 Å². The summed E-state index contributed by atoms with van der Waals surface area (Å²) in [4.78, 5) is 19.8. The van der Waals surface area contributed by atoms with E-state index in [-0.39, 0.29) is 0 Å². The molecular formula is C32H38BrN3O5. The second-order valence-electron chi connectivity index (χ2n) is 11.7. The second kappa shape index (κ2) is 12.2. The van der Waals surface area contributed by atoms with Crippen molar-refractivity contribution < 1.29 is 23.2 Å². The SMILES string of the molecule is Cc1noc(C)c1CN(Cc1ccc(OC(C)(C)C(=O)OC(C)(C)C)cc1)Cc1nc(-c2cccc(Br)c2)oc1C. The van der Waals surface area contributed by atoms with Gasteiger partial charge in [0.15, 0.2) is 5.60 Å². The van der Waals surface area contributed by atoms with E-state index in [1.54, 1.807) is 13.8 Å². The Morgan fingerprint density at radius 1 is 0.951 bits per heavy atom. The average Bonchev–Trinajstić information content (AvgIpc) is 3.40. The number of ether oxygens (including phenoxy) is 2. The number of halogens is 1. The number of carbonyl (C=O) groups excluding carboxylic acids is 1. The molecule has 0 bridgehead atoms. The molecule has 0 spiro atoms. The zero-order valence-electron chi connectivity index (χ0n) is 25.0. The van der Waals surface area contributed by atoms with Gasteiger partial charge in [0.1, 0.15) is 22.9 Å². The van der Waals surface area contributed by atoms with Crippen LogP contribution in [0.15, 0.2) is 61.9 Å². The molecule has 0 aliphatic heterocycles. The largest absolute Gasteiger partial charge is 0.476 e. The van der Waals surface area contributed by atoms with E-state index in [2.05, 4.69) is 26.0 Å². The highest BCUT2D eigenvalue weighted by atomic mass is 79.9. The Balaban J connectivity index is 1.53. The molecular weight excluding hydrogens is 586 g/mol. The van der Waals surface area contributed by atoms with Gasteiger partial charge in [-0.05, 0) is 91.3 Å². The van der Waals surface area contributed by atoms with Crippen LogP contribution in [-0.2, 0) is 29.2 Å². The number of benzene rings is 2. The Labute approximate surface area is 250 Å². The fourth-order valence-electron chi connectivity index (χ4n) is 4.31. The van der Waals surface area contributed by atoms with Gasteiger partial charge < -0.3 is 18.4 Å². The van der Waals surface area contributed by atoms with Gasteiger partial charge in [0.05, 0.1) is 11.4 Å². The first-order valence-electron chi connectivity index (χ1n) is 13.6. The number of aryl methyl sites for hydroxylation is 3. The summed E-state index contributed by atoms with van der Waals surface area (Å²) in [6, 6.07) is 15.7. The van der Waals surface area contributed by atoms with Crippen LogP contribution in [0.1, 0.15) is 68.7 Å². The molecule has 8 nitrogen and oxygen atoms in total. The minimum Gasteiger partial charge on any atom is -0.476 e. The van der Waals surface area contributed by atoms with E-state index in [4.69, 9.17) is 23.4 Å². The van der Waals surface area contributed by atoms with E-state index < -0.39 is 17.2 Å². The normalized spacial score (nSPS) is 12.1. The van der Waals surface area contributed by atoms with Gasteiger partial charge >= 0.3 is 5.97 Å². The highest BCUT2D eigenvalue weighted by molar-refractivity contribution is 9.10. The third-order valence-corrected chi connectivity index (χ3v) is 6.99.